The van der Waals surface area contributed by atoms with Gasteiger partial charge in [-0.15, -0.1) is 0 Å². The quantitative estimate of drug-likeness (QED) is 0.789. The van der Waals surface area contributed by atoms with Crippen LogP contribution in [0.5, 0.6) is 0 Å². The summed E-state index contributed by atoms with van der Waals surface area (Å²) in [4.78, 5) is 17.3. The van der Waals surface area contributed by atoms with Crippen LogP contribution in [0.1, 0.15) is 36.5 Å². The van der Waals surface area contributed by atoms with Gasteiger partial charge in [0.1, 0.15) is 28.7 Å². The number of nitrogens with zero attached hydrogens (tertiary/aromatic N) is 4. The second-order valence-corrected chi connectivity index (χ2v) is 5.77. The summed E-state index contributed by atoms with van der Waals surface area (Å²) < 4.78 is 0. The molecule has 0 bridgehead atoms. The highest BCUT2D eigenvalue weighted by atomic mass is 35.5. The van der Waals surface area contributed by atoms with E-state index < -0.39 is 11.5 Å². The molecular weight excluding hydrogens is 318 g/mol. The SMILES string of the molecule is CCc1c(C#N)c(Cl)nc(N2CCC(O)(C(N)=O)CC2)c1C#N. The number of carbonyl (C=O) groups excluding carboxylic acids is 1. The summed E-state index contributed by atoms with van der Waals surface area (Å²) in [6.07, 6.45) is 0.766. The second kappa shape index (κ2) is 6.41. The summed E-state index contributed by atoms with van der Waals surface area (Å²) in [6.45, 7) is 2.46. The van der Waals surface area contributed by atoms with E-state index in [1.165, 1.54) is 0 Å². The van der Waals surface area contributed by atoms with Crippen LogP contribution in [0, 0.1) is 22.7 Å². The maximum atomic E-state index is 11.3. The molecule has 1 amide bonds. The van der Waals surface area contributed by atoms with E-state index in [0.29, 0.717) is 36.5 Å². The fourth-order valence-electron chi connectivity index (χ4n) is 2.74. The van der Waals surface area contributed by atoms with Crippen LogP contribution in [0.15, 0.2) is 0 Å². The number of rotatable bonds is 3. The highest BCUT2D eigenvalue weighted by molar-refractivity contribution is 6.30. The molecule has 0 atom stereocenters. The van der Waals surface area contributed by atoms with Gasteiger partial charge in [-0.2, -0.15) is 10.5 Å². The number of nitriles is 2. The summed E-state index contributed by atoms with van der Waals surface area (Å²) >= 11 is 6.07. The van der Waals surface area contributed by atoms with Gasteiger partial charge < -0.3 is 15.7 Å². The first kappa shape index (κ1) is 17.0. The lowest BCUT2D eigenvalue weighted by molar-refractivity contribution is -0.138. The Morgan fingerprint density at radius 3 is 2.39 bits per heavy atom. The maximum Gasteiger partial charge on any atom is 0.249 e. The van der Waals surface area contributed by atoms with Gasteiger partial charge in [-0.3, -0.25) is 4.79 Å². The molecule has 1 saturated heterocycles. The predicted molar refractivity (Wildman–Crippen MR) is 83.6 cm³/mol. The number of anilines is 1. The van der Waals surface area contributed by atoms with Gasteiger partial charge in [0.2, 0.25) is 5.91 Å². The van der Waals surface area contributed by atoms with E-state index in [1.807, 2.05) is 13.0 Å². The van der Waals surface area contributed by atoms with Crippen molar-refractivity contribution in [2.75, 3.05) is 18.0 Å². The number of hydrogen-bond donors (Lipinski definition) is 2. The second-order valence-electron chi connectivity index (χ2n) is 5.41. The minimum Gasteiger partial charge on any atom is -0.380 e. The van der Waals surface area contributed by atoms with Gasteiger partial charge in [-0.1, -0.05) is 18.5 Å². The molecule has 2 rings (SSSR count). The lowest BCUT2D eigenvalue weighted by Crippen LogP contribution is -2.52. The Morgan fingerprint density at radius 1 is 1.39 bits per heavy atom. The molecule has 23 heavy (non-hydrogen) atoms. The number of aromatic nitrogens is 1. The zero-order chi connectivity index (χ0) is 17.2. The van der Waals surface area contributed by atoms with Crippen molar-refractivity contribution in [3.05, 3.63) is 21.8 Å². The van der Waals surface area contributed by atoms with Crippen LogP contribution in [0.25, 0.3) is 0 Å². The van der Waals surface area contributed by atoms with E-state index in [-0.39, 0.29) is 23.6 Å². The molecule has 1 aromatic rings. The van der Waals surface area contributed by atoms with Crippen molar-refractivity contribution in [3.8, 4) is 12.1 Å². The van der Waals surface area contributed by atoms with Crippen LogP contribution < -0.4 is 10.6 Å². The first-order valence-electron chi connectivity index (χ1n) is 7.17. The molecule has 0 unspecified atom stereocenters. The first-order chi connectivity index (χ1) is 10.9. The van der Waals surface area contributed by atoms with Crippen LogP contribution in [-0.2, 0) is 11.2 Å². The van der Waals surface area contributed by atoms with Gasteiger partial charge in [0.05, 0.1) is 11.1 Å². The highest BCUT2D eigenvalue weighted by Gasteiger charge is 2.38. The van der Waals surface area contributed by atoms with Gasteiger partial charge >= 0.3 is 0 Å². The van der Waals surface area contributed by atoms with Crippen molar-refractivity contribution in [2.45, 2.75) is 31.8 Å². The zero-order valence-electron chi connectivity index (χ0n) is 12.6. The van der Waals surface area contributed by atoms with E-state index in [9.17, 15) is 20.4 Å². The van der Waals surface area contributed by atoms with E-state index >= 15 is 0 Å². The van der Waals surface area contributed by atoms with Gasteiger partial charge in [0, 0.05) is 25.9 Å². The molecule has 2 heterocycles. The molecule has 0 aromatic carbocycles. The standard InChI is InChI=1S/C15H16ClN5O2/c1-2-9-10(7-17)12(16)20-13(11(9)8-18)21-5-3-15(23,4-6-21)14(19)22/h23H,2-6H2,1H3,(H2,19,22). The Labute approximate surface area is 138 Å². The number of hydrogen-bond acceptors (Lipinski definition) is 6. The van der Waals surface area contributed by atoms with Gasteiger partial charge in [0.25, 0.3) is 0 Å². The molecule has 0 spiro atoms. The molecule has 1 aromatic heterocycles. The molecular formula is C15H16ClN5O2. The van der Waals surface area contributed by atoms with Crippen LogP contribution >= 0.6 is 11.6 Å². The molecule has 1 fully saturated rings. The van der Waals surface area contributed by atoms with Gasteiger partial charge in [-0.25, -0.2) is 4.98 Å². The fraction of sp³-hybridized carbons (Fsp3) is 0.467. The van der Waals surface area contributed by atoms with Crippen molar-refractivity contribution < 1.29 is 9.90 Å². The van der Waals surface area contributed by atoms with Crippen LogP contribution in [0.3, 0.4) is 0 Å². The molecule has 7 nitrogen and oxygen atoms in total. The number of primary amides is 1. The lowest BCUT2D eigenvalue weighted by Gasteiger charge is -2.37. The molecule has 0 aliphatic carbocycles. The predicted octanol–water partition coefficient (Wildman–Crippen LogP) is 0.857. The Balaban J connectivity index is 2.43. The summed E-state index contributed by atoms with van der Waals surface area (Å²) in [5, 5.41) is 28.8. The van der Waals surface area contributed by atoms with Crippen LogP contribution in [0.2, 0.25) is 5.15 Å². The molecule has 0 radical (unpaired) electrons. The zero-order valence-corrected chi connectivity index (χ0v) is 13.4. The smallest absolute Gasteiger partial charge is 0.249 e. The summed E-state index contributed by atoms with van der Waals surface area (Å²) in [5.41, 5.74) is 4.75. The number of aliphatic hydroxyl groups is 1. The number of amides is 1. The molecule has 8 heteroatoms. The minimum absolute atomic E-state index is 0.0501. The molecule has 1 aliphatic heterocycles. The molecule has 1 aliphatic rings. The van der Waals surface area contributed by atoms with E-state index in [2.05, 4.69) is 11.1 Å². The fourth-order valence-corrected chi connectivity index (χ4v) is 2.97. The Morgan fingerprint density at radius 2 is 1.96 bits per heavy atom. The van der Waals surface area contributed by atoms with Gasteiger partial charge in [0.15, 0.2) is 0 Å². The van der Waals surface area contributed by atoms with Gasteiger partial charge in [-0.05, 0) is 12.0 Å². The average Bonchev–Trinajstić information content (AvgIpc) is 2.54. The summed E-state index contributed by atoms with van der Waals surface area (Å²) in [5.74, 6) is -0.377. The Kier molecular flexibility index (Phi) is 4.74. The number of halogens is 1. The van der Waals surface area contributed by atoms with E-state index in [1.54, 1.807) is 4.90 Å². The van der Waals surface area contributed by atoms with Crippen molar-refractivity contribution in [1.29, 1.82) is 10.5 Å². The van der Waals surface area contributed by atoms with Crippen molar-refractivity contribution in [3.63, 3.8) is 0 Å². The highest BCUT2D eigenvalue weighted by Crippen LogP contribution is 2.32. The van der Waals surface area contributed by atoms with Crippen molar-refractivity contribution in [1.82, 2.24) is 4.98 Å². The maximum absolute atomic E-state index is 11.3. The number of nitrogens with two attached hydrogens (primary N) is 1. The minimum atomic E-state index is -1.53. The van der Waals surface area contributed by atoms with Crippen molar-refractivity contribution >= 4 is 23.3 Å². The average molecular weight is 334 g/mol. The lowest BCUT2D eigenvalue weighted by atomic mass is 9.90. The van der Waals surface area contributed by atoms with Crippen LogP contribution in [0.4, 0.5) is 5.82 Å². The molecule has 3 N–H and O–H groups in total. The normalized spacial score (nSPS) is 16.5. The number of carbonyl (C=O) groups is 1. The van der Waals surface area contributed by atoms with E-state index in [0.717, 1.165) is 0 Å². The number of pyridine rings is 1. The third-order valence-electron chi connectivity index (χ3n) is 4.16. The molecule has 0 saturated carbocycles. The largest absolute Gasteiger partial charge is 0.380 e. The first-order valence-corrected chi connectivity index (χ1v) is 7.55. The monoisotopic (exact) mass is 333 g/mol. The van der Waals surface area contributed by atoms with Crippen molar-refractivity contribution in [2.24, 2.45) is 5.73 Å². The third kappa shape index (κ3) is 2.94. The Bertz CT molecular complexity index is 727. The topological polar surface area (TPSA) is 127 Å². The summed E-state index contributed by atoms with van der Waals surface area (Å²) in [7, 11) is 0. The third-order valence-corrected chi connectivity index (χ3v) is 4.44. The van der Waals surface area contributed by atoms with Crippen LogP contribution in [-0.4, -0.2) is 34.7 Å². The summed E-state index contributed by atoms with van der Waals surface area (Å²) in [6, 6.07) is 4.07. The molecule has 120 valence electrons. The Hall–Kier alpha value is -2.35. The number of piperidine rings is 1. The van der Waals surface area contributed by atoms with E-state index in [4.69, 9.17) is 17.3 Å².